The molecular formula is C14H16BrNO2. The van der Waals surface area contributed by atoms with Crippen LogP contribution in [0.15, 0.2) is 35.1 Å². The lowest BCUT2D eigenvalue weighted by Crippen LogP contribution is -1.98. The maximum absolute atomic E-state index is 8.67. The molecule has 1 N–H and O–H groups in total. The van der Waals surface area contributed by atoms with Crippen molar-refractivity contribution in [1.29, 1.82) is 0 Å². The normalized spacial score (nSPS) is 10.8. The van der Waals surface area contributed by atoms with Crippen molar-refractivity contribution in [3.05, 3.63) is 35.1 Å². The molecule has 18 heavy (non-hydrogen) atoms. The highest BCUT2D eigenvalue weighted by molar-refractivity contribution is 9.10. The van der Waals surface area contributed by atoms with Crippen molar-refractivity contribution in [2.24, 2.45) is 0 Å². The zero-order valence-electron chi connectivity index (χ0n) is 10.1. The van der Waals surface area contributed by atoms with Gasteiger partial charge in [0.05, 0.1) is 6.61 Å². The minimum atomic E-state index is 0.260. The largest absolute Gasteiger partial charge is 0.494 e. The van der Waals surface area contributed by atoms with E-state index in [0.29, 0.717) is 6.61 Å². The quantitative estimate of drug-likeness (QED) is 0.830. The van der Waals surface area contributed by atoms with E-state index in [0.717, 1.165) is 40.3 Å². The van der Waals surface area contributed by atoms with E-state index in [4.69, 9.17) is 9.84 Å². The Balaban J connectivity index is 1.98. The average Bonchev–Trinajstić information content (AvgIpc) is 2.39. The van der Waals surface area contributed by atoms with Gasteiger partial charge >= 0.3 is 0 Å². The third-order valence-corrected chi connectivity index (χ3v) is 3.38. The van der Waals surface area contributed by atoms with Crippen molar-refractivity contribution >= 4 is 26.7 Å². The van der Waals surface area contributed by atoms with Gasteiger partial charge in [-0.3, -0.25) is 4.98 Å². The molecule has 1 aromatic heterocycles. The Hall–Kier alpha value is -1.13. The zero-order chi connectivity index (χ0) is 12.8. The number of aromatic nitrogens is 1. The Bertz CT molecular complexity index is 516. The summed E-state index contributed by atoms with van der Waals surface area (Å²) >= 11 is 3.48. The van der Waals surface area contributed by atoms with E-state index in [9.17, 15) is 0 Å². The fourth-order valence-corrected chi connectivity index (χ4v) is 2.27. The van der Waals surface area contributed by atoms with E-state index in [1.807, 2.05) is 24.4 Å². The Kier molecular flexibility index (Phi) is 4.96. The molecule has 2 aromatic rings. The summed E-state index contributed by atoms with van der Waals surface area (Å²) < 4.78 is 6.67. The van der Waals surface area contributed by atoms with Crippen LogP contribution in [0.5, 0.6) is 5.75 Å². The second-order valence-electron chi connectivity index (χ2n) is 4.14. The van der Waals surface area contributed by atoms with Gasteiger partial charge < -0.3 is 9.84 Å². The van der Waals surface area contributed by atoms with Crippen LogP contribution in [0, 0.1) is 0 Å². The standard InChI is InChI=1S/C14H16BrNO2/c15-14-10-16-9-11-8-12(4-5-13(11)14)18-7-3-1-2-6-17/h4-5,8-10,17H,1-3,6-7H2. The molecule has 0 atom stereocenters. The number of hydrogen-bond donors (Lipinski definition) is 1. The lowest BCUT2D eigenvalue weighted by Gasteiger charge is -2.07. The Morgan fingerprint density at radius 3 is 2.89 bits per heavy atom. The van der Waals surface area contributed by atoms with Gasteiger partial charge in [0.15, 0.2) is 0 Å². The number of aliphatic hydroxyl groups excluding tert-OH is 1. The van der Waals surface area contributed by atoms with Gasteiger partial charge in [0.2, 0.25) is 0 Å². The SMILES string of the molecule is OCCCCCOc1ccc2c(Br)cncc2c1. The van der Waals surface area contributed by atoms with E-state index >= 15 is 0 Å². The summed E-state index contributed by atoms with van der Waals surface area (Å²) in [6.07, 6.45) is 6.43. The van der Waals surface area contributed by atoms with Gasteiger partial charge in [-0.05, 0) is 58.8 Å². The van der Waals surface area contributed by atoms with E-state index in [1.165, 1.54) is 0 Å². The Morgan fingerprint density at radius 2 is 2.06 bits per heavy atom. The molecule has 0 aliphatic rings. The van der Waals surface area contributed by atoms with Crippen molar-refractivity contribution in [1.82, 2.24) is 4.98 Å². The summed E-state index contributed by atoms with van der Waals surface area (Å²) in [5.41, 5.74) is 0. The highest BCUT2D eigenvalue weighted by Gasteiger charge is 2.01. The van der Waals surface area contributed by atoms with Gasteiger partial charge in [-0.15, -0.1) is 0 Å². The van der Waals surface area contributed by atoms with Crippen molar-refractivity contribution in [3.8, 4) is 5.75 Å². The van der Waals surface area contributed by atoms with Crippen LogP contribution >= 0.6 is 15.9 Å². The van der Waals surface area contributed by atoms with Crippen LogP contribution in [0.4, 0.5) is 0 Å². The van der Waals surface area contributed by atoms with Gasteiger partial charge in [0.25, 0.3) is 0 Å². The molecule has 4 heteroatoms. The Morgan fingerprint density at radius 1 is 1.17 bits per heavy atom. The molecule has 0 amide bonds. The van der Waals surface area contributed by atoms with Gasteiger partial charge in [0.1, 0.15) is 5.75 Å². The summed E-state index contributed by atoms with van der Waals surface area (Å²) in [5, 5.41) is 10.9. The van der Waals surface area contributed by atoms with Crippen LogP contribution in [0.2, 0.25) is 0 Å². The van der Waals surface area contributed by atoms with Gasteiger partial charge in [-0.1, -0.05) is 0 Å². The van der Waals surface area contributed by atoms with Crippen molar-refractivity contribution < 1.29 is 9.84 Å². The van der Waals surface area contributed by atoms with Crippen molar-refractivity contribution in [2.45, 2.75) is 19.3 Å². The molecule has 0 aliphatic carbocycles. The number of nitrogens with zero attached hydrogens (tertiary/aromatic N) is 1. The number of rotatable bonds is 6. The highest BCUT2D eigenvalue weighted by Crippen LogP contribution is 2.26. The minimum Gasteiger partial charge on any atom is -0.494 e. The number of fused-ring (bicyclic) bond motifs is 1. The molecule has 0 aliphatic heterocycles. The summed E-state index contributed by atoms with van der Waals surface area (Å²) in [7, 11) is 0. The fourth-order valence-electron chi connectivity index (χ4n) is 1.79. The fraction of sp³-hybridized carbons (Fsp3) is 0.357. The summed E-state index contributed by atoms with van der Waals surface area (Å²) in [5.74, 6) is 0.867. The maximum atomic E-state index is 8.67. The van der Waals surface area contributed by atoms with Crippen LogP contribution in [0.3, 0.4) is 0 Å². The number of benzene rings is 1. The molecule has 0 saturated carbocycles. The van der Waals surface area contributed by atoms with Gasteiger partial charge in [0, 0.05) is 28.9 Å². The first-order valence-electron chi connectivity index (χ1n) is 6.08. The van der Waals surface area contributed by atoms with Gasteiger partial charge in [-0.2, -0.15) is 0 Å². The molecule has 0 unspecified atom stereocenters. The highest BCUT2D eigenvalue weighted by atomic mass is 79.9. The van der Waals surface area contributed by atoms with Crippen molar-refractivity contribution in [2.75, 3.05) is 13.2 Å². The maximum Gasteiger partial charge on any atom is 0.119 e. The predicted molar refractivity (Wildman–Crippen MR) is 75.9 cm³/mol. The molecule has 0 bridgehead atoms. The van der Waals surface area contributed by atoms with Crippen LogP contribution in [-0.4, -0.2) is 23.3 Å². The topological polar surface area (TPSA) is 42.4 Å². The second-order valence-corrected chi connectivity index (χ2v) is 4.99. The molecule has 2 rings (SSSR count). The molecule has 1 aromatic carbocycles. The third-order valence-electron chi connectivity index (χ3n) is 2.75. The van der Waals surface area contributed by atoms with Crippen LogP contribution in [-0.2, 0) is 0 Å². The number of ether oxygens (including phenoxy) is 1. The second kappa shape index (κ2) is 6.71. The van der Waals surface area contributed by atoms with Crippen LogP contribution in [0.25, 0.3) is 10.8 Å². The molecular weight excluding hydrogens is 294 g/mol. The monoisotopic (exact) mass is 309 g/mol. The molecule has 0 spiro atoms. The predicted octanol–water partition coefficient (Wildman–Crippen LogP) is 3.54. The number of halogens is 1. The van der Waals surface area contributed by atoms with E-state index in [2.05, 4.69) is 20.9 Å². The molecule has 0 saturated heterocycles. The zero-order valence-corrected chi connectivity index (χ0v) is 11.7. The number of aliphatic hydroxyl groups is 1. The van der Waals surface area contributed by atoms with E-state index < -0.39 is 0 Å². The average molecular weight is 310 g/mol. The summed E-state index contributed by atoms with van der Waals surface area (Å²) in [6.45, 7) is 0.947. The third kappa shape index (κ3) is 3.43. The number of pyridine rings is 1. The first kappa shape index (κ1) is 13.3. The van der Waals surface area contributed by atoms with E-state index in [-0.39, 0.29) is 6.61 Å². The van der Waals surface area contributed by atoms with Crippen LogP contribution in [0.1, 0.15) is 19.3 Å². The first-order valence-corrected chi connectivity index (χ1v) is 6.87. The molecule has 3 nitrogen and oxygen atoms in total. The lowest BCUT2D eigenvalue weighted by atomic mass is 10.2. The minimum absolute atomic E-state index is 0.260. The smallest absolute Gasteiger partial charge is 0.119 e. The van der Waals surface area contributed by atoms with Crippen molar-refractivity contribution in [3.63, 3.8) is 0 Å². The molecule has 96 valence electrons. The Labute approximate surface area is 115 Å². The molecule has 1 heterocycles. The van der Waals surface area contributed by atoms with Gasteiger partial charge in [-0.25, -0.2) is 0 Å². The summed E-state index contributed by atoms with van der Waals surface area (Å²) in [6, 6.07) is 6.00. The molecule has 0 fully saturated rings. The summed E-state index contributed by atoms with van der Waals surface area (Å²) in [4.78, 5) is 4.14. The first-order chi connectivity index (χ1) is 8.81. The number of unbranched alkanes of at least 4 members (excludes halogenated alkanes) is 2. The van der Waals surface area contributed by atoms with Crippen LogP contribution < -0.4 is 4.74 Å². The molecule has 0 radical (unpaired) electrons. The number of hydrogen-bond acceptors (Lipinski definition) is 3. The lowest BCUT2D eigenvalue weighted by molar-refractivity contribution is 0.266. The van der Waals surface area contributed by atoms with E-state index in [1.54, 1.807) is 6.20 Å².